The molecule has 3 amide bonds. The highest BCUT2D eigenvalue weighted by Gasteiger charge is 2.18. The van der Waals surface area contributed by atoms with Gasteiger partial charge in [-0.3, -0.25) is 4.79 Å². The number of benzene rings is 2. The fourth-order valence-corrected chi connectivity index (χ4v) is 4.71. The molecule has 10 heteroatoms. The van der Waals surface area contributed by atoms with E-state index in [0.29, 0.717) is 31.1 Å². The average molecular weight is 581 g/mol. The van der Waals surface area contributed by atoms with Crippen LogP contribution in [0.5, 0.6) is 0 Å². The second-order valence-corrected chi connectivity index (χ2v) is 10.3. The van der Waals surface area contributed by atoms with Crippen molar-refractivity contribution in [2.45, 2.75) is 32.6 Å². The Morgan fingerprint density at radius 2 is 1.82 bits per heavy atom. The van der Waals surface area contributed by atoms with Crippen LogP contribution in [0.1, 0.15) is 30.4 Å². The summed E-state index contributed by atoms with van der Waals surface area (Å²) in [6.07, 6.45) is 4.97. The van der Waals surface area contributed by atoms with Gasteiger partial charge < -0.3 is 25.8 Å². The minimum Gasteiger partial charge on any atom is -0.359 e. The SMILES string of the molecule is Cc1ccc(CC(=O)NCCCN(C)c2nc(Nc3cccc(NC(=O)N4CCCC4)c3)ncc2Br)cc1. The van der Waals surface area contributed by atoms with Gasteiger partial charge in [0.2, 0.25) is 11.9 Å². The Morgan fingerprint density at radius 3 is 2.58 bits per heavy atom. The molecule has 9 nitrogen and oxygen atoms in total. The number of hydrogen-bond donors (Lipinski definition) is 3. The van der Waals surface area contributed by atoms with Crippen LogP contribution in [0.2, 0.25) is 0 Å². The smallest absolute Gasteiger partial charge is 0.321 e. The van der Waals surface area contributed by atoms with Crippen molar-refractivity contribution in [3.05, 3.63) is 70.3 Å². The molecule has 2 aromatic carbocycles. The van der Waals surface area contributed by atoms with E-state index in [1.807, 2.05) is 72.3 Å². The first kappa shape index (κ1) is 27.4. The highest BCUT2D eigenvalue weighted by Crippen LogP contribution is 2.25. The second kappa shape index (κ2) is 13.2. The van der Waals surface area contributed by atoms with Crippen molar-refractivity contribution in [1.29, 1.82) is 0 Å². The summed E-state index contributed by atoms with van der Waals surface area (Å²) in [5.74, 6) is 1.21. The van der Waals surface area contributed by atoms with Gasteiger partial charge in [0, 0.05) is 50.8 Å². The summed E-state index contributed by atoms with van der Waals surface area (Å²) in [4.78, 5) is 37.6. The number of nitrogens with zero attached hydrogens (tertiary/aromatic N) is 4. The molecule has 3 N–H and O–H groups in total. The lowest BCUT2D eigenvalue weighted by Gasteiger charge is -2.20. The zero-order valence-corrected chi connectivity index (χ0v) is 23.4. The quantitative estimate of drug-likeness (QED) is 0.289. The van der Waals surface area contributed by atoms with Crippen LogP contribution in [0.15, 0.2) is 59.2 Å². The number of aryl methyl sites for hydroxylation is 1. The molecule has 0 saturated carbocycles. The highest BCUT2D eigenvalue weighted by molar-refractivity contribution is 9.10. The van der Waals surface area contributed by atoms with E-state index >= 15 is 0 Å². The summed E-state index contributed by atoms with van der Waals surface area (Å²) in [6.45, 7) is 4.92. The molecule has 0 bridgehead atoms. The van der Waals surface area contributed by atoms with Crippen LogP contribution in [-0.4, -0.2) is 60.0 Å². The number of urea groups is 1. The van der Waals surface area contributed by atoms with Crippen LogP contribution < -0.4 is 20.9 Å². The summed E-state index contributed by atoms with van der Waals surface area (Å²) in [6, 6.07) is 15.4. The number of rotatable bonds is 10. The van der Waals surface area contributed by atoms with Gasteiger partial charge in [-0.25, -0.2) is 9.78 Å². The molecule has 0 aliphatic carbocycles. The summed E-state index contributed by atoms with van der Waals surface area (Å²) in [5, 5.41) is 9.18. The number of likely N-dealkylation sites (tertiary alicyclic amines) is 1. The van der Waals surface area contributed by atoms with Gasteiger partial charge >= 0.3 is 6.03 Å². The van der Waals surface area contributed by atoms with Crippen LogP contribution in [-0.2, 0) is 11.2 Å². The molecule has 4 rings (SSSR count). The number of aromatic nitrogens is 2. The normalized spacial score (nSPS) is 12.8. The summed E-state index contributed by atoms with van der Waals surface area (Å²) in [5.41, 5.74) is 3.68. The highest BCUT2D eigenvalue weighted by atomic mass is 79.9. The Kier molecular flexibility index (Phi) is 9.53. The molecule has 1 saturated heterocycles. The predicted octanol–water partition coefficient (Wildman–Crippen LogP) is 5.10. The van der Waals surface area contributed by atoms with Gasteiger partial charge in [-0.2, -0.15) is 4.98 Å². The van der Waals surface area contributed by atoms with E-state index in [0.717, 1.165) is 53.9 Å². The van der Waals surface area contributed by atoms with E-state index in [1.165, 1.54) is 5.56 Å². The van der Waals surface area contributed by atoms with E-state index < -0.39 is 0 Å². The number of halogens is 1. The molecule has 0 unspecified atom stereocenters. The number of nitrogens with one attached hydrogen (secondary N) is 3. The molecule has 1 aliphatic heterocycles. The van der Waals surface area contributed by atoms with Crippen molar-refractivity contribution in [1.82, 2.24) is 20.2 Å². The van der Waals surface area contributed by atoms with Crippen LogP contribution in [0, 0.1) is 6.92 Å². The van der Waals surface area contributed by atoms with Crippen LogP contribution >= 0.6 is 15.9 Å². The first-order valence-corrected chi connectivity index (χ1v) is 13.7. The maximum absolute atomic E-state index is 12.4. The Morgan fingerprint density at radius 1 is 1.08 bits per heavy atom. The number of carbonyl (C=O) groups excluding carboxylic acids is 2. The summed E-state index contributed by atoms with van der Waals surface area (Å²) >= 11 is 3.55. The number of carbonyl (C=O) groups is 2. The standard InChI is InChI=1S/C28H34BrN7O2/c1-20-9-11-21(12-10-20)17-25(37)30-13-6-14-35(2)26-24(29)19-31-27(34-26)32-22-7-5-8-23(18-22)33-28(38)36-15-3-4-16-36/h5,7-12,18-19H,3-4,6,13-17H2,1-2H3,(H,30,37)(H,33,38)(H,31,32,34). The zero-order valence-electron chi connectivity index (χ0n) is 21.8. The first-order valence-electron chi connectivity index (χ1n) is 12.9. The minimum absolute atomic E-state index is 0.0186. The zero-order chi connectivity index (χ0) is 26.9. The molecule has 1 fully saturated rings. The van der Waals surface area contributed by atoms with E-state index in [2.05, 4.69) is 41.8 Å². The van der Waals surface area contributed by atoms with Crippen molar-refractivity contribution in [2.24, 2.45) is 0 Å². The molecule has 0 radical (unpaired) electrons. The van der Waals surface area contributed by atoms with Crippen LogP contribution in [0.25, 0.3) is 0 Å². The fraction of sp³-hybridized carbons (Fsp3) is 0.357. The largest absolute Gasteiger partial charge is 0.359 e. The average Bonchev–Trinajstić information content (AvgIpc) is 3.45. The maximum atomic E-state index is 12.4. The number of hydrogen-bond acceptors (Lipinski definition) is 6. The van der Waals surface area contributed by atoms with Crippen LogP contribution in [0.3, 0.4) is 0 Å². The third-order valence-corrected chi connectivity index (χ3v) is 6.89. The Balaban J connectivity index is 1.27. The van der Waals surface area contributed by atoms with Crippen molar-refractivity contribution in [3.63, 3.8) is 0 Å². The molecule has 200 valence electrons. The van der Waals surface area contributed by atoms with E-state index in [1.54, 1.807) is 6.20 Å². The van der Waals surface area contributed by atoms with Crippen molar-refractivity contribution < 1.29 is 9.59 Å². The molecule has 0 atom stereocenters. The summed E-state index contributed by atoms with van der Waals surface area (Å²) < 4.78 is 0.778. The number of amides is 3. The molecule has 0 spiro atoms. The van der Waals surface area contributed by atoms with Crippen molar-refractivity contribution in [3.8, 4) is 0 Å². The lowest BCUT2D eigenvalue weighted by Crippen LogP contribution is -2.32. The van der Waals surface area contributed by atoms with E-state index in [4.69, 9.17) is 0 Å². The van der Waals surface area contributed by atoms with Gasteiger partial charge in [0.1, 0.15) is 5.82 Å². The molecular weight excluding hydrogens is 546 g/mol. The minimum atomic E-state index is -0.0743. The van der Waals surface area contributed by atoms with Crippen LogP contribution in [0.4, 0.5) is 27.9 Å². The van der Waals surface area contributed by atoms with Crippen molar-refractivity contribution in [2.75, 3.05) is 48.8 Å². The molecule has 1 aliphatic rings. The Hall–Kier alpha value is -3.66. The fourth-order valence-electron chi connectivity index (χ4n) is 4.22. The van der Waals surface area contributed by atoms with Gasteiger partial charge in [-0.1, -0.05) is 35.9 Å². The monoisotopic (exact) mass is 579 g/mol. The van der Waals surface area contributed by atoms with Gasteiger partial charge in [-0.15, -0.1) is 0 Å². The van der Waals surface area contributed by atoms with Gasteiger partial charge in [0.25, 0.3) is 0 Å². The molecule has 3 aromatic rings. The molecule has 1 aromatic heterocycles. The van der Waals surface area contributed by atoms with Gasteiger partial charge in [-0.05, 0) is 65.9 Å². The third kappa shape index (κ3) is 7.92. The third-order valence-electron chi connectivity index (χ3n) is 6.33. The number of anilines is 4. The Labute approximate surface area is 232 Å². The van der Waals surface area contributed by atoms with E-state index in [9.17, 15) is 9.59 Å². The second-order valence-electron chi connectivity index (χ2n) is 9.48. The maximum Gasteiger partial charge on any atom is 0.321 e. The van der Waals surface area contributed by atoms with Crippen molar-refractivity contribution >= 4 is 51.0 Å². The molecular formula is C28H34BrN7O2. The van der Waals surface area contributed by atoms with E-state index in [-0.39, 0.29) is 11.9 Å². The topological polar surface area (TPSA) is 102 Å². The lowest BCUT2D eigenvalue weighted by atomic mass is 10.1. The lowest BCUT2D eigenvalue weighted by molar-refractivity contribution is -0.120. The van der Waals surface area contributed by atoms with Gasteiger partial charge in [0.15, 0.2) is 0 Å². The Bertz CT molecular complexity index is 1250. The first-order chi connectivity index (χ1) is 18.4. The molecule has 2 heterocycles. The summed E-state index contributed by atoms with van der Waals surface area (Å²) in [7, 11) is 1.96. The van der Waals surface area contributed by atoms with Gasteiger partial charge in [0.05, 0.1) is 10.9 Å². The predicted molar refractivity (Wildman–Crippen MR) is 155 cm³/mol. The molecule has 38 heavy (non-hydrogen) atoms.